The number of carbonyl (C=O) groups is 1. The van der Waals surface area contributed by atoms with Gasteiger partial charge >= 0.3 is 0 Å². The van der Waals surface area contributed by atoms with Crippen molar-refractivity contribution in [3.05, 3.63) is 41.6 Å². The maximum absolute atomic E-state index is 12.2. The molecule has 0 fully saturated rings. The summed E-state index contributed by atoms with van der Waals surface area (Å²) in [4.78, 5) is 13.5. The molecule has 1 amide bonds. The molecule has 0 spiro atoms. The maximum atomic E-state index is 12.2. The second-order valence-corrected chi connectivity index (χ2v) is 6.85. The Morgan fingerprint density at radius 2 is 2.00 bits per heavy atom. The summed E-state index contributed by atoms with van der Waals surface area (Å²) >= 11 is 1.80. The number of hydrogen-bond donors (Lipinski definition) is 1. The maximum Gasteiger partial charge on any atom is 0.229 e. The Kier molecular flexibility index (Phi) is 5.66. The van der Waals surface area contributed by atoms with Crippen LogP contribution in [0.15, 0.2) is 35.2 Å². The minimum atomic E-state index is -0.0160. The highest BCUT2D eigenvalue weighted by atomic mass is 32.2. The minimum absolute atomic E-state index is 0.0160. The van der Waals surface area contributed by atoms with Gasteiger partial charge in [-0.1, -0.05) is 19.1 Å². The van der Waals surface area contributed by atoms with Crippen molar-refractivity contribution < 1.29 is 4.79 Å². The fourth-order valence-corrected chi connectivity index (χ4v) is 2.91. The number of benzene rings is 1. The van der Waals surface area contributed by atoms with Crippen LogP contribution in [0.3, 0.4) is 0 Å². The summed E-state index contributed by atoms with van der Waals surface area (Å²) in [6.07, 6.45) is 0.374. The van der Waals surface area contributed by atoms with E-state index in [0.717, 1.165) is 22.8 Å². The van der Waals surface area contributed by atoms with Crippen LogP contribution in [-0.2, 0) is 11.2 Å². The molecule has 0 aliphatic carbocycles. The van der Waals surface area contributed by atoms with E-state index in [1.807, 2.05) is 43.7 Å². The van der Waals surface area contributed by atoms with Gasteiger partial charge in [0.1, 0.15) is 5.82 Å². The topological polar surface area (TPSA) is 46.9 Å². The number of aromatic nitrogens is 2. The van der Waals surface area contributed by atoms with Crippen molar-refractivity contribution in [2.45, 2.75) is 45.1 Å². The molecule has 118 valence electrons. The first-order chi connectivity index (χ1) is 10.5. The zero-order valence-corrected chi connectivity index (χ0v) is 14.4. The van der Waals surface area contributed by atoms with Gasteiger partial charge in [-0.05, 0) is 44.2 Å². The first kappa shape index (κ1) is 16.6. The zero-order chi connectivity index (χ0) is 16.1. The molecule has 0 saturated carbocycles. The molecule has 1 aromatic carbocycles. The lowest BCUT2D eigenvalue weighted by molar-refractivity contribution is -0.115. The molecule has 0 atom stereocenters. The molecule has 1 aromatic heterocycles. The number of rotatable bonds is 6. The lowest BCUT2D eigenvalue weighted by Crippen LogP contribution is -2.18. The van der Waals surface area contributed by atoms with E-state index in [1.165, 1.54) is 4.90 Å². The van der Waals surface area contributed by atoms with Gasteiger partial charge in [0, 0.05) is 17.0 Å². The Bertz CT molecular complexity index is 632. The van der Waals surface area contributed by atoms with E-state index < -0.39 is 0 Å². The molecule has 1 N–H and O–H groups in total. The van der Waals surface area contributed by atoms with Gasteiger partial charge in [-0.25, -0.2) is 4.68 Å². The number of hydrogen-bond acceptors (Lipinski definition) is 3. The van der Waals surface area contributed by atoms with E-state index >= 15 is 0 Å². The van der Waals surface area contributed by atoms with Gasteiger partial charge in [0.05, 0.1) is 12.1 Å². The first-order valence-electron chi connectivity index (χ1n) is 7.57. The van der Waals surface area contributed by atoms with Crippen molar-refractivity contribution in [3.8, 4) is 0 Å². The van der Waals surface area contributed by atoms with Gasteiger partial charge in [0.2, 0.25) is 5.91 Å². The number of aryl methyl sites for hydroxylation is 1. The van der Waals surface area contributed by atoms with Crippen LogP contribution < -0.4 is 5.32 Å². The highest BCUT2D eigenvalue weighted by molar-refractivity contribution is 7.99. The summed E-state index contributed by atoms with van der Waals surface area (Å²) in [7, 11) is 0. The summed E-state index contributed by atoms with van der Waals surface area (Å²) in [6, 6.07) is 10.3. The Hall–Kier alpha value is -1.75. The van der Waals surface area contributed by atoms with Crippen molar-refractivity contribution in [2.75, 3.05) is 11.1 Å². The SMILES string of the molecule is CCSc1ccc(CC(=O)Nc2cc(C)nn2C(C)C)cc1. The Morgan fingerprint density at radius 1 is 1.32 bits per heavy atom. The second-order valence-electron chi connectivity index (χ2n) is 5.51. The van der Waals surface area contributed by atoms with Gasteiger partial charge in [0.25, 0.3) is 0 Å². The number of nitrogens with one attached hydrogen (secondary N) is 1. The molecule has 1 heterocycles. The summed E-state index contributed by atoms with van der Waals surface area (Å²) < 4.78 is 1.84. The molecule has 4 nitrogen and oxygen atoms in total. The van der Waals surface area contributed by atoms with Crippen LogP contribution in [0.2, 0.25) is 0 Å². The standard InChI is InChI=1S/C17H23N3OS/c1-5-22-15-8-6-14(7-9-15)11-17(21)18-16-10-13(4)19-20(16)12(2)3/h6-10,12H,5,11H2,1-4H3,(H,18,21). The third kappa shape index (κ3) is 4.37. The molecule has 0 radical (unpaired) electrons. The smallest absolute Gasteiger partial charge is 0.229 e. The van der Waals surface area contributed by atoms with Gasteiger partial charge in [-0.15, -0.1) is 11.8 Å². The van der Waals surface area contributed by atoms with Gasteiger partial charge in [0.15, 0.2) is 0 Å². The van der Waals surface area contributed by atoms with Crippen LogP contribution in [0.5, 0.6) is 0 Å². The predicted molar refractivity (Wildman–Crippen MR) is 92.5 cm³/mol. The fraction of sp³-hybridized carbons (Fsp3) is 0.412. The van der Waals surface area contributed by atoms with Crippen molar-refractivity contribution in [1.82, 2.24) is 9.78 Å². The number of thioether (sulfide) groups is 1. The molecule has 5 heteroatoms. The zero-order valence-electron chi connectivity index (χ0n) is 13.6. The monoisotopic (exact) mass is 317 g/mol. The number of carbonyl (C=O) groups excluding carboxylic acids is 1. The fourth-order valence-electron chi connectivity index (χ4n) is 2.25. The third-order valence-corrected chi connectivity index (χ3v) is 4.11. The molecule has 22 heavy (non-hydrogen) atoms. The third-order valence-electron chi connectivity index (χ3n) is 3.21. The number of nitrogens with zero attached hydrogens (tertiary/aromatic N) is 2. The van der Waals surface area contributed by atoms with Gasteiger partial charge in [-0.2, -0.15) is 5.10 Å². The van der Waals surface area contributed by atoms with Crippen LogP contribution in [0, 0.1) is 6.92 Å². The molecule has 0 bridgehead atoms. The summed E-state index contributed by atoms with van der Waals surface area (Å²) in [5.74, 6) is 1.80. The Balaban J connectivity index is 2.01. The highest BCUT2D eigenvalue weighted by Crippen LogP contribution is 2.19. The predicted octanol–water partition coefficient (Wildman–Crippen LogP) is 4.07. The average Bonchev–Trinajstić information content (AvgIpc) is 2.82. The normalized spacial score (nSPS) is 11.0. The van der Waals surface area contributed by atoms with Crippen LogP contribution in [0.25, 0.3) is 0 Å². The molecular formula is C17H23N3OS. The van der Waals surface area contributed by atoms with Crippen LogP contribution in [-0.4, -0.2) is 21.4 Å². The molecular weight excluding hydrogens is 294 g/mol. The van der Waals surface area contributed by atoms with E-state index in [0.29, 0.717) is 6.42 Å². The van der Waals surface area contributed by atoms with Crippen molar-refractivity contribution in [2.24, 2.45) is 0 Å². The number of amides is 1. The molecule has 0 unspecified atom stereocenters. The summed E-state index contributed by atoms with van der Waals surface area (Å²) in [6.45, 7) is 8.16. The highest BCUT2D eigenvalue weighted by Gasteiger charge is 2.12. The molecule has 0 aliphatic rings. The average molecular weight is 317 g/mol. The molecule has 2 aromatic rings. The lowest BCUT2D eigenvalue weighted by atomic mass is 10.1. The van der Waals surface area contributed by atoms with E-state index in [4.69, 9.17) is 0 Å². The Morgan fingerprint density at radius 3 is 2.59 bits per heavy atom. The quantitative estimate of drug-likeness (QED) is 0.817. The molecule has 2 rings (SSSR count). The van der Waals surface area contributed by atoms with E-state index in [2.05, 4.69) is 29.5 Å². The lowest BCUT2D eigenvalue weighted by Gasteiger charge is -2.11. The number of anilines is 1. The van der Waals surface area contributed by atoms with E-state index in [9.17, 15) is 4.79 Å². The van der Waals surface area contributed by atoms with E-state index in [-0.39, 0.29) is 11.9 Å². The van der Waals surface area contributed by atoms with Crippen LogP contribution in [0.1, 0.15) is 38.1 Å². The van der Waals surface area contributed by atoms with Crippen molar-refractivity contribution >= 4 is 23.5 Å². The van der Waals surface area contributed by atoms with Crippen LogP contribution >= 0.6 is 11.8 Å². The second kappa shape index (κ2) is 7.49. The summed E-state index contributed by atoms with van der Waals surface area (Å²) in [5.41, 5.74) is 1.93. The first-order valence-corrected chi connectivity index (χ1v) is 8.56. The van der Waals surface area contributed by atoms with Gasteiger partial charge < -0.3 is 5.32 Å². The van der Waals surface area contributed by atoms with Crippen molar-refractivity contribution in [3.63, 3.8) is 0 Å². The largest absolute Gasteiger partial charge is 0.311 e. The molecule has 0 aliphatic heterocycles. The van der Waals surface area contributed by atoms with Crippen LogP contribution in [0.4, 0.5) is 5.82 Å². The minimum Gasteiger partial charge on any atom is -0.311 e. The van der Waals surface area contributed by atoms with Crippen molar-refractivity contribution in [1.29, 1.82) is 0 Å². The summed E-state index contributed by atoms with van der Waals surface area (Å²) in [5, 5.41) is 7.36. The van der Waals surface area contributed by atoms with E-state index in [1.54, 1.807) is 11.8 Å². The molecule has 0 saturated heterocycles. The Labute approximate surface area is 136 Å². The van der Waals surface area contributed by atoms with Gasteiger partial charge in [-0.3, -0.25) is 4.79 Å².